The zero-order chi connectivity index (χ0) is 11.8. The maximum Gasteiger partial charge on any atom is 0.174 e. The third-order valence-electron chi connectivity index (χ3n) is 3.43. The van der Waals surface area contributed by atoms with Crippen molar-refractivity contribution in [2.75, 3.05) is 0 Å². The highest BCUT2D eigenvalue weighted by Crippen LogP contribution is 2.39. The summed E-state index contributed by atoms with van der Waals surface area (Å²) in [4.78, 5) is 6.18. The van der Waals surface area contributed by atoms with E-state index in [1.54, 1.807) is 0 Å². The topological polar surface area (TPSA) is 31.6 Å². The van der Waals surface area contributed by atoms with Crippen LogP contribution >= 0.6 is 23.8 Å². The molecule has 0 fully saturated rings. The van der Waals surface area contributed by atoms with E-state index in [4.69, 9.17) is 23.8 Å². The molecule has 0 saturated carbocycles. The maximum absolute atomic E-state index is 6.30. The summed E-state index contributed by atoms with van der Waals surface area (Å²) in [5, 5.41) is 0.902. The Balaban J connectivity index is 1.91. The van der Waals surface area contributed by atoms with Crippen molar-refractivity contribution >= 4 is 23.8 Å². The summed E-state index contributed by atoms with van der Waals surface area (Å²) < 4.78 is 0.692. The van der Waals surface area contributed by atoms with Crippen molar-refractivity contribution in [3.63, 3.8) is 0 Å². The van der Waals surface area contributed by atoms with Crippen LogP contribution in [0.3, 0.4) is 0 Å². The summed E-state index contributed by atoms with van der Waals surface area (Å²) in [5.41, 5.74) is 3.89. The zero-order valence-electron chi connectivity index (χ0n) is 9.29. The van der Waals surface area contributed by atoms with Crippen LogP contribution in [0.2, 0.25) is 5.02 Å². The molecular formula is C13H13ClN2S. The largest absolute Gasteiger partial charge is 0.337 e. The first-order valence-electron chi connectivity index (χ1n) is 5.78. The van der Waals surface area contributed by atoms with Gasteiger partial charge in [0.1, 0.15) is 0 Å². The first-order valence-corrected chi connectivity index (χ1v) is 6.56. The Morgan fingerprint density at radius 3 is 3.06 bits per heavy atom. The molecule has 0 bridgehead atoms. The van der Waals surface area contributed by atoms with Gasteiger partial charge in [-0.15, -0.1) is 0 Å². The van der Waals surface area contributed by atoms with Crippen LogP contribution in [0.15, 0.2) is 24.4 Å². The van der Waals surface area contributed by atoms with Gasteiger partial charge in [-0.3, -0.25) is 0 Å². The number of aryl methyl sites for hydroxylation is 1. The van der Waals surface area contributed by atoms with Gasteiger partial charge in [0.25, 0.3) is 0 Å². The maximum atomic E-state index is 6.30. The first-order chi connectivity index (χ1) is 8.24. The van der Waals surface area contributed by atoms with Gasteiger partial charge >= 0.3 is 0 Å². The van der Waals surface area contributed by atoms with Gasteiger partial charge in [-0.2, -0.15) is 0 Å². The molecular weight excluding hydrogens is 252 g/mol. The molecule has 1 atom stereocenters. The molecule has 1 aliphatic carbocycles. The number of hydrogen-bond acceptors (Lipinski definition) is 1. The van der Waals surface area contributed by atoms with Crippen LogP contribution in [-0.4, -0.2) is 9.97 Å². The van der Waals surface area contributed by atoms with Crippen molar-refractivity contribution < 1.29 is 0 Å². The number of H-pyrrole nitrogens is 2. The third kappa shape index (κ3) is 2.05. The Labute approximate surface area is 110 Å². The summed E-state index contributed by atoms with van der Waals surface area (Å²) >= 11 is 11.3. The first kappa shape index (κ1) is 11.1. The summed E-state index contributed by atoms with van der Waals surface area (Å²) in [6, 6.07) is 6.20. The van der Waals surface area contributed by atoms with Crippen molar-refractivity contribution in [1.29, 1.82) is 0 Å². The predicted molar refractivity (Wildman–Crippen MR) is 72.2 cm³/mol. The Morgan fingerprint density at radius 1 is 1.41 bits per heavy atom. The van der Waals surface area contributed by atoms with Gasteiger partial charge in [-0.25, -0.2) is 0 Å². The molecule has 0 amide bonds. The molecule has 2 nitrogen and oxygen atoms in total. The van der Waals surface area contributed by atoms with Crippen LogP contribution in [0.5, 0.6) is 0 Å². The molecule has 3 rings (SSSR count). The van der Waals surface area contributed by atoms with Crippen molar-refractivity contribution in [2.24, 2.45) is 0 Å². The van der Waals surface area contributed by atoms with E-state index in [1.165, 1.54) is 17.5 Å². The van der Waals surface area contributed by atoms with E-state index in [2.05, 4.69) is 16.0 Å². The van der Waals surface area contributed by atoms with E-state index in [0.29, 0.717) is 10.7 Å². The summed E-state index contributed by atoms with van der Waals surface area (Å²) in [5.74, 6) is 0.514. The van der Waals surface area contributed by atoms with Gasteiger partial charge in [-0.1, -0.05) is 23.7 Å². The van der Waals surface area contributed by atoms with Gasteiger partial charge < -0.3 is 9.97 Å². The van der Waals surface area contributed by atoms with Gasteiger partial charge in [0.05, 0.1) is 0 Å². The lowest BCUT2D eigenvalue weighted by molar-refractivity contribution is 0.665. The van der Waals surface area contributed by atoms with Crippen molar-refractivity contribution in [1.82, 2.24) is 9.97 Å². The molecule has 1 aliphatic rings. The molecule has 0 spiro atoms. The molecule has 1 aromatic heterocycles. The van der Waals surface area contributed by atoms with E-state index in [9.17, 15) is 0 Å². The van der Waals surface area contributed by atoms with Crippen molar-refractivity contribution in [3.8, 4) is 0 Å². The minimum absolute atomic E-state index is 0.514. The van der Waals surface area contributed by atoms with Gasteiger partial charge in [0.15, 0.2) is 4.77 Å². The minimum atomic E-state index is 0.514. The van der Waals surface area contributed by atoms with Crippen LogP contribution < -0.4 is 0 Å². The molecule has 2 aromatic rings. The Bertz CT molecular complexity index is 599. The van der Waals surface area contributed by atoms with Crippen LogP contribution in [0.1, 0.15) is 29.2 Å². The predicted octanol–water partition coefficient (Wildman–Crippen LogP) is 4.00. The Hall–Kier alpha value is -1.06. The van der Waals surface area contributed by atoms with Gasteiger partial charge in [0, 0.05) is 16.9 Å². The molecule has 1 heterocycles. The number of nitrogens with one attached hydrogen (secondary N) is 2. The minimum Gasteiger partial charge on any atom is -0.337 e. The van der Waals surface area contributed by atoms with E-state index in [0.717, 1.165) is 23.6 Å². The highest BCUT2D eigenvalue weighted by atomic mass is 35.5. The average molecular weight is 265 g/mol. The van der Waals surface area contributed by atoms with E-state index >= 15 is 0 Å². The highest BCUT2D eigenvalue weighted by Gasteiger charge is 2.25. The van der Waals surface area contributed by atoms with Crippen LogP contribution in [-0.2, 0) is 12.8 Å². The molecule has 1 aromatic carbocycles. The van der Waals surface area contributed by atoms with Crippen molar-refractivity contribution in [2.45, 2.75) is 25.2 Å². The molecule has 0 radical (unpaired) electrons. The van der Waals surface area contributed by atoms with Crippen LogP contribution in [0.25, 0.3) is 0 Å². The number of halogens is 1. The number of benzene rings is 1. The van der Waals surface area contributed by atoms with Gasteiger partial charge in [0.2, 0.25) is 0 Å². The highest BCUT2D eigenvalue weighted by molar-refractivity contribution is 7.71. The second-order valence-corrected chi connectivity index (χ2v) is 5.34. The third-order valence-corrected chi connectivity index (χ3v) is 3.98. The molecule has 17 heavy (non-hydrogen) atoms. The smallest absolute Gasteiger partial charge is 0.174 e. The lowest BCUT2D eigenvalue weighted by atomic mass is 9.96. The Kier molecular flexibility index (Phi) is 2.81. The van der Waals surface area contributed by atoms with Crippen molar-refractivity contribution in [3.05, 3.63) is 51.0 Å². The summed E-state index contributed by atoms with van der Waals surface area (Å²) in [6.07, 6.45) is 5.23. The number of aromatic nitrogens is 2. The van der Waals surface area contributed by atoms with Crippen LogP contribution in [0.4, 0.5) is 0 Å². The number of aromatic amines is 2. The normalized spacial score (nSPS) is 18.3. The van der Waals surface area contributed by atoms with E-state index in [-0.39, 0.29) is 0 Å². The fraction of sp³-hybridized carbons (Fsp3) is 0.308. The van der Waals surface area contributed by atoms with Gasteiger partial charge in [-0.05, 0) is 54.6 Å². The standard InChI is InChI=1S/C13H13ClN2S/c14-11-3-1-2-8-4-5-9(12(8)11)6-10-7-15-13(17)16-10/h1-3,7,9H,4-6H2,(H2,15,16,17). The second kappa shape index (κ2) is 4.31. The monoisotopic (exact) mass is 264 g/mol. The second-order valence-electron chi connectivity index (χ2n) is 4.52. The zero-order valence-corrected chi connectivity index (χ0v) is 10.9. The Morgan fingerprint density at radius 2 is 2.29 bits per heavy atom. The fourth-order valence-electron chi connectivity index (χ4n) is 2.68. The average Bonchev–Trinajstić information content (AvgIpc) is 2.88. The lowest BCUT2D eigenvalue weighted by Crippen LogP contribution is -1.99. The molecule has 1 unspecified atom stereocenters. The quantitative estimate of drug-likeness (QED) is 0.790. The van der Waals surface area contributed by atoms with E-state index < -0.39 is 0 Å². The number of fused-ring (bicyclic) bond motifs is 1. The SMILES string of the molecule is S=c1[nH]cc(CC2CCc3cccc(Cl)c32)[nH]1. The lowest BCUT2D eigenvalue weighted by Gasteiger charge is -2.11. The molecule has 0 aliphatic heterocycles. The van der Waals surface area contributed by atoms with E-state index in [1.807, 2.05) is 18.3 Å². The molecule has 0 saturated heterocycles. The summed E-state index contributed by atoms with van der Waals surface area (Å²) in [6.45, 7) is 0. The molecule has 2 N–H and O–H groups in total. The number of imidazole rings is 1. The van der Waals surface area contributed by atoms with Crippen LogP contribution in [0, 0.1) is 4.77 Å². The summed E-state index contributed by atoms with van der Waals surface area (Å²) in [7, 11) is 0. The fourth-order valence-corrected chi connectivity index (χ4v) is 3.22. The molecule has 88 valence electrons. The molecule has 4 heteroatoms. The number of rotatable bonds is 2. The number of hydrogen-bond donors (Lipinski definition) is 2.